The van der Waals surface area contributed by atoms with E-state index in [0.717, 1.165) is 39.5 Å². The first kappa shape index (κ1) is 21.8. The van der Waals surface area contributed by atoms with Crippen LogP contribution in [0.4, 0.5) is 5.69 Å². The Kier molecular flexibility index (Phi) is 5.99. The number of hydrogen-bond acceptors (Lipinski definition) is 2. The Morgan fingerprint density at radius 2 is 0.889 bits per heavy atom. The van der Waals surface area contributed by atoms with Crippen molar-refractivity contribution in [2.24, 2.45) is 4.99 Å². The van der Waals surface area contributed by atoms with Crippen LogP contribution in [-0.4, -0.2) is 5.71 Å². The first-order valence-electron chi connectivity index (χ1n) is 12.3. The van der Waals surface area contributed by atoms with Crippen molar-refractivity contribution >= 4 is 22.8 Å². The zero-order chi connectivity index (χ0) is 24.2. The fourth-order valence-corrected chi connectivity index (χ4v) is 4.91. The molecule has 0 bridgehead atoms. The van der Waals surface area contributed by atoms with Crippen LogP contribution >= 0.6 is 0 Å². The summed E-state index contributed by atoms with van der Waals surface area (Å²) < 4.78 is 0. The Bertz CT molecular complexity index is 1490. The molecule has 1 atom stereocenters. The van der Waals surface area contributed by atoms with E-state index in [1.54, 1.807) is 0 Å². The van der Waals surface area contributed by atoms with Gasteiger partial charge in [-0.05, 0) is 23.3 Å². The van der Waals surface area contributed by atoms with E-state index in [4.69, 9.17) is 4.99 Å². The van der Waals surface area contributed by atoms with Crippen LogP contribution in [0.15, 0.2) is 157 Å². The molecule has 2 heteroatoms. The lowest BCUT2D eigenvalue weighted by molar-refractivity contribution is 0.886. The van der Waals surface area contributed by atoms with Crippen LogP contribution in [0.2, 0.25) is 0 Å². The van der Waals surface area contributed by atoms with E-state index >= 15 is 0 Å². The number of nitrogens with zero attached hydrogens (tertiary/aromatic N) is 2. The molecule has 5 aromatic carbocycles. The molecule has 0 N–H and O–H groups in total. The molecule has 0 saturated carbocycles. The summed E-state index contributed by atoms with van der Waals surface area (Å²) in [6.45, 7) is 0. The topological polar surface area (TPSA) is 15.6 Å². The van der Waals surface area contributed by atoms with Crippen LogP contribution < -0.4 is 4.90 Å². The SMILES string of the molecule is c1ccc(C2=NC(c3ccccc3)=C(c3ccccc3)N(c3ccccc3)C2c2ccccc2)cc1. The lowest BCUT2D eigenvalue weighted by Gasteiger charge is -2.41. The van der Waals surface area contributed by atoms with Gasteiger partial charge in [-0.25, -0.2) is 4.99 Å². The summed E-state index contributed by atoms with van der Waals surface area (Å²) in [5, 5.41) is 0. The monoisotopic (exact) mass is 462 g/mol. The molecule has 0 spiro atoms. The molecule has 0 aliphatic carbocycles. The van der Waals surface area contributed by atoms with Crippen molar-refractivity contribution < 1.29 is 0 Å². The van der Waals surface area contributed by atoms with Gasteiger partial charge in [0.15, 0.2) is 0 Å². The van der Waals surface area contributed by atoms with Gasteiger partial charge in [0.05, 0.1) is 17.1 Å². The smallest absolute Gasteiger partial charge is 0.102 e. The van der Waals surface area contributed by atoms with Crippen molar-refractivity contribution in [3.8, 4) is 0 Å². The molecule has 1 heterocycles. The van der Waals surface area contributed by atoms with E-state index in [9.17, 15) is 0 Å². The number of hydrogen-bond donors (Lipinski definition) is 0. The molecule has 36 heavy (non-hydrogen) atoms. The van der Waals surface area contributed by atoms with Gasteiger partial charge in [-0.1, -0.05) is 140 Å². The first-order valence-corrected chi connectivity index (χ1v) is 12.3. The second-order valence-electron chi connectivity index (χ2n) is 8.81. The third-order valence-corrected chi connectivity index (χ3v) is 6.53. The van der Waals surface area contributed by atoms with E-state index in [2.05, 4.69) is 157 Å². The number of benzene rings is 5. The van der Waals surface area contributed by atoms with Gasteiger partial charge in [0.1, 0.15) is 6.04 Å². The van der Waals surface area contributed by atoms with Crippen molar-refractivity contribution in [3.63, 3.8) is 0 Å². The molecular formula is C34H26N2. The predicted octanol–water partition coefficient (Wildman–Crippen LogP) is 8.26. The molecule has 1 aliphatic heterocycles. The minimum absolute atomic E-state index is 0.0985. The summed E-state index contributed by atoms with van der Waals surface area (Å²) in [4.78, 5) is 7.93. The molecule has 0 saturated heterocycles. The summed E-state index contributed by atoms with van der Waals surface area (Å²) in [5.41, 5.74) is 8.77. The summed E-state index contributed by atoms with van der Waals surface area (Å²) in [5.74, 6) is 0. The average Bonchev–Trinajstić information content (AvgIpc) is 2.98. The molecule has 5 aromatic rings. The van der Waals surface area contributed by atoms with Gasteiger partial charge in [-0.15, -0.1) is 0 Å². The number of aliphatic imine (C=N–C) groups is 1. The van der Waals surface area contributed by atoms with E-state index < -0.39 is 0 Å². The van der Waals surface area contributed by atoms with Gasteiger partial charge >= 0.3 is 0 Å². The molecular weight excluding hydrogens is 436 g/mol. The van der Waals surface area contributed by atoms with E-state index in [1.807, 2.05) is 0 Å². The zero-order valence-electron chi connectivity index (χ0n) is 19.9. The summed E-state index contributed by atoms with van der Waals surface area (Å²) in [6, 6.07) is 53.0. The fourth-order valence-electron chi connectivity index (χ4n) is 4.91. The molecule has 1 unspecified atom stereocenters. The third-order valence-electron chi connectivity index (χ3n) is 6.53. The second-order valence-corrected chi connectivity index (χ2v) is 8.81. The minimum atomic E-state index is -0.0985. The van der Waals surface area contributed by atoms with Crippen LogP contribution in [0.25, 0.3) is 11.4 Å². The second kappa shape index (κ2) is 9.89. The molecule has 1 aliphatic rings. The Hall–Kier alpha value is -4.69. The summed E-state index contributed by atoms with van der Waals surface area (Å²) in [6.07, 6.45) is 0. The maximum atomic E-state index is 5.47. The summed E-state index contributed by atoms with van der Waals surface area (Å²) >= 11 is 0. The zero-order valence-corrected chi connectivity index (χ0v) is 19.9. The highest BCUT2D eigenvalue weighted by Gasteiger charge is 2.36. The lowest BCUT2D eigenvalue weighted by atomic mass is 9.89. The Morgan fingerprint density at radius 3 is 1.44 bits per heavy atom. The van der Waals surface area contributed by atoms with Gasteiger partial charge in [-0.2, -0.15) is 0 Å². The standard InChI is InChI=1S/C34H26N2/c1-6-16-26(17-7-1)31-33(28-20-10-3-11-21-28)36(30-24-14-5-15-25-30)34(29-22-12-4-13-23-29)32(35-31)27-18-8-2-9-19-27/h1-25,33H. The normalized spacial score (nSPS) is 15.5. The Morgan fingerprint density at radius 1 is 0.444 bits per heavy atom. The van der Waals surface area contributed by atoms with Gasteiger partial charge in [0.25, 0.3) is 0 Å². The van der Waals surface area contributed by atoms with Gasteiger partial charge < -0.3 is 4.90 Å². The van der Waals surface area contributed by atoms with Crippen LogP contribution in [0.5, 0.6) is 0 Å². The highest BCUT2D eigenvalue weighted by molar-refractivity contribution is 6.16. The average molecular weight is 463 g/mol. The number of para-hydroxylation sites is 1. The highest BCUT2D eigenvalue weighted by Crippen LogP contribution is 2.45. The number of rotatable bonds is 5. The van der Waals surface area contributed by atoms with Crippen molar-refractivity contribution in [3.05, 3.63) is 174 Å². The molecule has 0 radical (unpaired) electrons. The first-order chi connectivity index (χ1) is 17.9. The van der Waals surface area contributed by atoms with Gasteiger partial charge in [0, 0.05) is 16.8 Å². The minimum Gasteiger partial charge on any atom is -0.326 e. The van der Waals surface area contributed by atoms with Crippen molar-refractivity contribution in [1.82, 2.24) is 0 Å². The third kappa shape index (κ3) is 4.14. The van der Waals surface area contributed by atoms with Crippen LogP contribution in [0.3, 0.4) is 0 Å². The van der Waals surface area contributed by atoms with Crippen LogP contribution in [-0.2, 0) is 0 Å². The van der Waals surface area contributed by atoms with Crippen molar-refractivity contribution in [1.29, 1.82) is 0 Å². The van der Waals surface area contributed by atoms with Gasteiger partial charge in [-0.3, -0.25) is 0 Å². The largest absolute Gasteiger partial charge is 0.326 e. The predicted molar refractivity (Wildman–Crippen MR) is 151 cm³/mol. The molecule has 0 aromatic heterocycles. The lowest BCUT2D eigenvalue weighted by Crippen LogP contribution is -2.37. The van der Waals surface area contributed by atoms with E-state index in [0.29, 0.717) is 0 Å². The maximum Gasteiger partial charge on any atom is 0.102 e. The van der Waals surface area contributed by atoms with Gasteiger partial charge in [0.2, 0.25) is 0 Å². The quantitative estimate of drug-likeness (QED) is 0.257. The molecule has 0 amide bonds. The Labute approximate surface area is 212 Å². The fraction of sp³-hybridized carbons (Fsp3) is 0.0294. The van der Waals surface area contributed by atoms with Crippen molar-refractivity contribution in [2.75, 3.05) is 4.90 Å². The van der Waals surface area contributed by atoms with Crippen molar-refractivity contribution in [2.45, 2.75) is 6.04 Å². The molecule has 0 fully saturated rings. The molecule has 2 nitrogen and oxygen atoms in total. The van der Waals surface area contributed by atoms with E-state index in [1.165, 1.54) is 5.56 Å². The molecule has 6 rings (SSSR count). The maximum absolute atomic E-state index is 5.47. The van der Waals surface area contributed by atoms with Crippen LogP contribution in [0.1, 0.15) is 28.3 Å². The van der Waals surface area contributed by atoms with E-state index in [-0.39, 0.29) is 6.04 Å². The summed E-state index contributed by atoms with van der Waals surface area (Å²) in [7, 11) is 0. The molecule has 172 valence electrons. The highest BCUT2D eigenvalue weighted by atomic mass is 15.2. The number of anilines is 1. The van der Waals surface area contributed by atoms with Crippen LogP contribution in [0, 0.1) is 0 Å². The Balaban J connectivity index is 1.72.